The van der Waals surface area contributed by atoms with Crippen LogP contribution in [0.15, 0.2) is 42.5 Å². The van der Waals surface area contributed by atoms with Gasteiger partial charge in [0, 0.05) is 5.02 Å². The molecule has 5 heteroatoms. The number of benzene rings is 2. The minimum Gasteiger partial charge on any atom is -0.369 e. The molecular weight excluding hydrogens is 269 g/mol. The molecule has 0 saturated heterocycles. The molecular formula is C13H9Cl2N3. The Kier molecular flexibility index (Phi) is 2.65. The first-order valence-corrected chi connectivity index (χ1v) is 6.11. The first-order chi connectivity index (χ1) is 8.66. The molecule has 0 radical (unpaired) electrons. The van der Waals surface area contributed by atoms with Gasteiger partial charge in [0.25, 0.3) is 0 Å². The van der Waals surface area contributed by atoms with Gasteiger partial charge in [-0.25, -0.2) is 4.98 Å². The second-order valence-electron chi connectivity index (χ2n) is 3.89. The number of nitrogens with zero attached hydrogens (tertiary/aromatic N) is 2. The Morgan fingerprint density at radius 2 is 1.83 bits per heavy atom. The van der Waals surface area contributed by atoms with Gasteiger partial charge in [-0.3, -0.25) is 4.57 Å². The van der Waals surface area contributed by atoms with Crippen LogP contribution in [0.3, 0.4) is 0 Å². The summed E-state index contributed by atoms with van der Waals surface area (Å²) in [5, 5.41) is 1.23. The lowest BCUT2D eigenvalue weighted by Crippen LogP contribution is -2.00. The summed E-state index contributed by atoms with van der Waals surface area (Å²) >= 11 is 12.1. The van der Waals surface area contributed by atoms with Gasteiger partial charge >= 0.3 is 0 Å². The van der Waals surface area contributed by atoms with Crippen LogP contribution in [0.4, 0.5) is 5.95 Å². The lowest BCUT2D eigenvalue weighted by atomic mass is 10.3. The number of imidazole rings is 1. The monoisotopic (exact) mass is 277 g/mol. The molecule has 18 heavy (non-hydrogen) atoms. The van der Waals surface area contributed by atoms with Gasteiger partial charge < -0.3 is 5.73 Å². The topological polar surface area (TPSA) is 43.8 Å². The van der Waals surface area contributed by atoms with E-state index in [4.69, 9.17) is 28.9 Å². The maximum Gasteiger partial charge on any atom is 0.205 e. The van der Waals surface area contributed by atoms with E-state index in [1.165, 1.54) is 0 Å². The fourth-order valence-corrected chi connectivity index (χ4v) is 2.37. The zero-order valence-electron chi connectivity index (χ0n) is 9.27. The van der Waals surface area contributed by atoms with Crippen LogP contribution < -0.4 is 5.73 Å². The number of hydrogen-bond acceptors (Lipinski definition) is 2. The summed E-state index contributed by atoms with van der Waals surface area (Å²) < 4.78 is 1.83. The molecule has 1 aromatic heterocycles. The number of anilines is 1. The Balaban J connectivity index is 2.36. The number of fused-ring (bicyclic) bond motifs is 1. The number of halogens is 2. The Labute approximate surface area is 114 Å². The molecule has 2 N–H and O–H groups in total. The minimum atomic E-state index is 0.389. The van der Waals surface area contributed by atoms with Crippen molar-refractivity contribution in [2.24, 2.45) is 0 Å². The standard InChI is InChI=1S/C13H9Cl2N3/c14-8-3-1-4-9(7-8)18-11-6-2-5-10(15)12(11)17-13(18)16/h1-7H,(H2,16,17). The molecule has 0 saturated carbocycles. The van der Waals surface area contributed by atoms with Crippen LogP contribution in [0.25, 0.3) is 16.7 Å². The van der Waals surface area contributed by atoms with Crippen molar-refractivity contribution in [1.82, 2.24) is 9.55 Å². The SMILES string of the molecule is Nc1nc2c(Cl)cccc2n1-c1cccc(Cl)c1. The molecule has 0 aliphatic heterocycles. The van der Waals surface area contributed by atoms with Gasteiger partial charge in [0.15, 0.2) is 0 Å². The molecule has 0 amide bonds. The van der Waals surface area contributed by atoms with Gasteiger partial charge in [0.2, 0.25) is 5.95 Å². The lowest BCUT2D eigenvalue weighted by molar-refractivity contribution is 1.11. The number of nitrogen functional groups attached to an aromatic ring is 1. The van der Waals surface area contributed by atoms with Crippen molar-refractivity contribution in [3.8, 4) is 5.69 Å². The van der Waals surface area contributed by atoms with Crippen LogP contribution in [0.5, 0.6) is 0 Å². The van der Waals surface area contributed by atoms with Gasteiger partial charge in [-0.2, -0.15) is 0 Å². The third-order valence-corrected chi connectivity index (χ3v) is 3.27. The molecule has 90 valence electrons. The van der Waals surface area contributed by atoms with E-state index >= 15 is 0 Å². The summed E-state index contributed by atoms with van der Waals surface area (Å²) in [4.78, 5) is 4.28. The first kappa shape index (κ1) is 11.4. The van der Waals surface area contributed by atoms with Crippen LogP contribution >= 0.6 is 23.2 Å². The van der Waals surface area contributed by atoms with Crippen molar-refractivity contribution in [2.45, 2.75) is 0 Å². The number of rotatable bonds is 1. The largest absolute Gasteiger partial charge is 0.369 e. The molecule has 2 aromatic carbocycles. The summed E-state index contributed by atoms with van der Waals surface area (Å²) in [6.07, 6.45) is 0. The van der Waals surface area contributed by atoms with E-state index in [9.17, 15) is 0 Å². The van der Waals surface area contributed by atoms with Gasteiger partial charge in [0.1, 0.15) is 5.52 Å². The molecule has 0 aliphatic carbocycles. The summed E-state index contributed by atoms with van der Waals surface area (Å²) in [5.74, 6) is 0.389. The molecule has 0 bridgehead atoms. The van der Waals surface area contributed by atoms with E-state index in [0.29, 0.717) is 21.5 Å². The predicted molar refractivity (Wildman–Crippen MR) is 75.5 cm³/mol. The molecule has 0 fully saturated rings. The van der Waals surface area contributed by atoms with Crippen LogP contribution in [0.2, 0.25) is 10.0 Å². The second kappa shape index (κ2) is 4.19. The fourth-order valence-electron chi connectivity index (χ4n) is 1.97. The highest BCUT2D eigenvalue weighted by atomic mass is 35.5. The summed E-state index contributed by atoms with van der Waals surface area (Å²) in [5.41, 5.74) is 8.37. The van der Waals surface area contributed by atoms with Gasteiger partial charge in [-0.15, -0.1) is 0 Å². The van der Waals surface area contributed by atoms with Crippen LogP contribution in [-0.2, 0) is 0 Å². The average Bonchev–Trinajstić information content (AvgIpc) is 2.67. The molecule has 0 aliphatic rings. The Bertz CT molecular complexity index is 734. The lowest BCUT2D eigenvalue weighted by Gasteiger charge is -2.06. The average molecular weight is 278 g/mol. The maximum atomic E-state index is 6.10. The molecule has 3 nitrogen and oxygen atoms in total. The normalized spacial score (nSPS) is 11.0. The van der Waals surface area contributed by atoms with Gasteiger partial charge in [-0.1, -0.05) is 35.3 Å². The van der Waals surface area contributed by atoms with E-state index in [2.05, 4.69) is 4.98 Å². The zero-order chi connectivity index (χ0) is 12.7. The number of aromatic nitrogens is 2. The summed E-state index contributed by atoms with van der Waals surface area (Å²) in [7, 11) is 0. The fraction of sp³-hybridized carbons (Fsp3) is 0. The molecule has 3 aromatic rings. The quantitative estimate of drug-likeness (QED) is 0.733. The van der Waals surface area contributed by atoms with Crippen LogP contribution in [-0.4, -0.2) is 9.55 Å². The summed E-state index contributed by atoms with van der Waals surface area (Å²) in [6.45, 7) is 0. The van der Waals surface area contributed by atoms with Crippen molar-refractivity contribution >= 4 is 40.2 Å². The highest BCUT2D eigenvalue weighted by Crippen LogP contribution is 2.28. The third kappa shape index (κ3) is 1.72. The van der Waals surface area contributed by atoms with Gasteiger partial charge in [-0.05, 0) is 30.3 Å². The Morgan fingerprint density at radius 1 is 1.06 bits per heavy atom. The maximum absolute atomic E-state index is 6.10. The van der Waals surface area contributed by atoms with Crippen molar-refractivity contribution in [3.05, 3.63) is 52.5 Å². The highest BCUT2D eigenvalue weighted by Gasteiger charge is 2.12. The predicted octanol–water partition coefficient (Wildman–Crippen LogP) is 3.91. The molecule has 0 unspecified atom stereocenters. The van der Waals surface area contributed by atoms with Crippen LogP contribution in [0, 0.1) is 0 Å². The molecule has 3 rings (SSSR count). The highest BCUT2D eigenvalue weighted by molar-refractivity contribution is 6.35. The molecule has 0 spiro atoms. The molecule has 1 heterocycles. The number of nitrogens with two attached hydrogens (primary N) is 1. The number of para-hydroxylation sites is 1. The van der Waals surface area contributed by atoms with Crippen molar-refractivity contribution in [2.75, 3.05) is 5.73 Å². The Morgan fingerprint density at radius 3 is 2.61 bits per heavy atom. The summed E-state index contributed by atoms with van der Waals surface area (Å²) in [6, 6.07) is 13.0. The van der Waals surface area contributed by atoms with Gasteiger partial charge in [0.05, 0.1) is 16.2 Å². The third-order valence-electron chi connectivity index (χ3n) is 2.73. The minimum absolute atomic E-state index is 0.389. The molecule has 0 atom stereocenters. The van der Waals surface area contributed by atoms with Crippen molar-refractivity contribution in [3.63, 3.8) is 0 Å². The number of hydrogen-bond donors (Lipinski definition) is 1. The smallest absolute Gasteiger partial charge is 0.205 e. The van der Waals surface area contributed by atoms with Crippen molar-refractivity contribution < 1.29 is 0 Å². The Hall–Kier alpha value is -1.71. The van der Waals surface area contributed by atoms with E-state index < -0.39 is 0 Å². The van der Waals surface area contributed by atoms with E-state index in [0.717, 1.165) is 11.2 Å². The van der Waals surface area contributed by atoms with Crippen LogP contribution in [0.1, 0.15) is 0 Å². The zero-order valence-corrected chi connectivity index (χ0v) is 10.8. The van der Waals surface area contributed by atoms with E-state index in [1.54, 1.807) is 6.07 Å². The second-order valence-corrected chi connectivity index (χ2v) is 4.74. The van der Waals surface area contributed by atoms with E-state index in [1.807, 2.05) is 41.0 Å². The first-order valence-electron chi connectivity index (χ1n) is 5.35. The van der Waals surface area contributed by atoms with Crippen molar-refractivity contribution in [1.29, 1.82) is 0 Å². The van der Waals surface area contributed by atoms with E-state index in [-0.39, 0.29) is 0 Å².